The fraction of sp³-hybridized carbons (Fsp3) is 0.227. The maximum atomic E-state index is 13.2. The Balaban J connectivity index is 1.68. The van der Waals surface area contributed by atoms with E-state index in [0.29, 0.717) is 29.8 Å². The van der Waals surface area contributed by atoms with E-state index in [0.717, 1.165) is 0 Å². The summed E-state index contributed by atoms with van der Waals surface area (Å²) in [7, 11) is -2.57. The van der Waals surface area contributed by atoms with Crippen LogP contribution in [0.15, 0.2) is 47.4 Å². The summed E-state index contributed by atoms with van der Waals surface area (Å²) in [6, 6.07) is 11.7. The third-order valence-corrected chi connectivity index (χ3v) is 6.57. The van der Waals surface area contributed by atoms with Gasteiger partial charge in [0.25, 0.3) is 0 Å². The van der Waals surface area contributed by atoms with Crippen molar-refractivity contribution in [2.75, 3.05) is 19.4 Å². The number of sulfonamides is 1. The average molecular weight is 472 g/mol. The lowest BCUT2D eigenvalue weighted by Gasteiger charge is -2.10. The van der Waals surface area contributed by atoms with E-state index in [9.17, 15) is 22.9 Å². The molecule has 0 bridgehead atoms. The topological polar surface area (TPSA) is 140 Å². The fourth-order valence-corrected chi connectivity index (χ4v) is 4.59. The van der Waals surface area contributed by atoms with Crippen molar-refractivity contribution in [3.8, 4) is 11.8 Å². The number of nitriles is 1. The number of benzene rings is 2. The monoisotopic (exact) mass is 471 g/mol. The smallest absolute Gasteiger partial charge is 0.337 e. The second-order valence-corrected chi connectivity index (χ2v) is 8.92. The third kappa shape index (κ3) is 5.19. The Bertz CT molecular complexity index is 1330. The number of methoxy groups -OCH3 is 1. The van der Waals surface area contributed by atoms with Gasteiger partial charge in [0.1, 0.15) is 23.3 Å². The molecule has 0 saturated carbocycles. The maximum absolute atomic E-state index is 13.2. The van der Waals surface area contributed by atoms with Gasteiger partial charge in [-0.25, -0.2) is 27.0 Å². The lowest BCUT2D eigenvalue weighted by Crippen LogP contribution is -2.26. The van der Waals surface area contributed by atoms with Gasteiger partial charge in [0.2, 0.25) is 10.0 Å². The molecule has 0 aliphatic carbocycles. The summed E-state index contributed by atoms with van der Waals surface area (Å²) in [6.45, 7) is 1.68. The van der Waals surface area contributed by atoms with Gasteiger partial charge in [0, 0.05) is 6.54 Å². The molecule has 0 fully saturated rings. The van der Waals surface area contributed by atoms with Crippen molar-refractivity contribution in [2.45, 2.75) is 24.7 Å². The minimum atomic E-state index is -3.81. The number of nitrogens with one attached hydrogen (secondary N) is 1. The highest BCUT2D eigenvalue weighted by Gasteiger charge is 2.20. The second-order valence-electron chi connectivity index (χ2n) is 7.18. The quantitative estimate of drug-likeness (QED) is 0.380. The Kier molecular flexibility index (Phi) is 7.10. The van der Waals surface area contributed by atoms with E-state index >= 15 is 0 Å². The van der Waals surface area contributed by atoms with E-state index < -0.39 is 21.8 Å². The minimum absolute atomic E-state index is 0.0534. The molecule has 9 nitrogen and oxygen atoms in total. The van der Waals surface area contributed by atoms with Crippen molar-refractivity contribution in [3.63, 3.8) is 0 Å². The molecule has 172 valence electrons. The number of halogens is 1. The van der Waals surface area contributed by atoms with E-state index in [4.69, 9.17) is 5.73 Å². The van der Waals surface area contributed by atoms with E-state index in [1.165, 1.54) is 54.3 Å². The van der Waals surface area contributed by atoms with Crippen molar-refractivity contribution >= 4 is 21.8 Å². The number of aryl methyl sites for hydroxylation is 2. The molecule has 3 rings (SSSR count). The van der Waals surface area contributed by atoms with Gasteiger partial charge in [-0.2, -0.15) is 10.4 Å². The number of nitrogens with zero attached hydrogens (tertiary/aromatic N) is 3. The van der Waals surface area contributed by atoms with Crippen LogP contribution in [0, 0.1) is 24.1 Å². The van der Waals surface area contributed by atoms with Crippen molar-refractivity contribution in [1.82, 2.24) is 14.5 Å². The lowest BCUT2D eigenvalue weighted by molar-refractivity contribution is 0.0600. The largest absolute Gasteiger partial charge is 0.465 e. The van der Waals surface area contributed by atoms with Gasteiger partial charge in [-0.05, 0) is 67.8 Å². The molecule has 1 aromatic heterocycles. The summed E-state index contributed by atoms with van der Waals surface area (Å²) in [4.78, 5) is 11.7. The summed E-state index contributed by atoms with van der Waals surface area (Å²) in [5.41, 5.74) is 7.80. The summed E-state index contributed by atoms with van der Waals surface area (Å²) < 4.78 is 47.0. The van der Waals surface area contributed by atoms with Crippen LogP contribution in [0.5, 0.6) is 0 Å². The number of hydrogen-bond donors (Lipinski definition) is 2. The number of anilines is 1. The SMILES string of the molecule is COC(=O)c1ccc(S(=O)(=O)NCCCc2nn(-c3ccc(F)cc3)c(N)c2C#N)c(C)c1. The molecule has 0 aliphatic rings. The summed E-state index contributed by atoms with van der Waals surface area (Å²) >= 11 is 0. The molecule has 0 radical (unpaired) electrons. The van der Waals surface area contributed by atoms with Gasteiger partial charge in [0.15, 0.2) is 0 Å². The van der Waals surface area contributed by atoms with Crippen LogP contribution in [0.3, 0.4) is 0 Å². The van der Waals surface area contributed by atoms with Crippen molar-refractivity contribution in [3.05, 3.63) is 70.7 Å². The predicted octanol–water partition coefficient (Wildman–Crippen LogP) is 2.47. The van der Waals surface area contributed by atoms with E-state index in [1.807, 2.05) is 6.07 Å². The number of aromatic nitrogens is 2. The van der Waals surface area contributed by atoms with Crippen LogP contribution >= 0.6 is 0 Å². The first kappa shape index (κ1) is 23.9. The highest BCUT2D eigenvalue weighted by atomic mass is 32.2. The van der Waals surface area contributed by atoms with Crippen LogP contribution in [0.2, 0.25) is 0 Å². The molecule has 33 heavy (non-hydrogen) atoms. The van der Waals surface area contributed by atoms with Crippen LogP contribution in [-0.2, 0) is 21.2 Å². The molecular formula is C22H22FN5O4S. The fourth-order valence-electron chi connectivity index (χ4n) is 3.29. The highest BCUT2D eigenvalue weighted by Crippen LogP contribution is 2.22. The van der Waals surface area contributed by atoms with Gasteiger partial charge in [0.05, 0.1) is 29.0 Å². The molecule has 0 spiro atoms. The Morgan fingerprint density at radius 1 is 1.27 bits per heavy atom. The van der Waals surface area contributed by atoms with Crippen LogP contribution in [-0.4, -0.2) is 37.8 Å². The molecule has 11 heteroatoms. The number of ether oxygens (including phenoxy) is 1. The van der Waals surface area contributed by atoms with Gasteiger partial charge in [-0.1, -0.05) is 0 Å². The molecule has 0 aliphatic heterocycles. The van der Waals surface area contributed by atoms with Crippen LogP contribution in [0.25, 0.3) is 5.69 Å². The third-order valence-electron chi connectivity index (χ3n) is 4.94. The zero-order valence-electron chi connectivity index (χ0n) is 18.0. The molecule has 0 saturated heterocycles. The number of nitrogens with two attached hydrogens (primary N) is 1. The van der Waals surface area contributed by atoms with Crippen LogP contribution in [0.4, 0.5) is 10.2 Å². The molecular weight excluding hydrogens is 449 g/mol. The van der Waals surface area contributed by atoms with Crippen molar-refractivity contribution in [2.24, 2.45) is 0 Å². The van der Waals surface area contributed by atoms with Gasteiger partial charge in [-0.15, -0.1) is 0 Å². The van der Waals surface area contributed by atoms with Gasteiger partial charge in [-0.3, -0.25) is 0 Å². The molecule has 1 heterocycles. The zero-order chi connectivity index (χ0) is 24.2. The molecule has 3 N–H and O–H groups in total. The van der Waals surface area contributed by atoms with Crippen LogP contribution < -0.4 is 10.5 Å². The van der Waals surface area contributed by atoms with Crippen molar-refractivity contribution in [1.29, 1.82) is 5.26 Å². The first-order valence-corrected chi connectivity index (χ1v) is 11.4. The molecule has 0 unspecified atom stereocenters. The van der Waals surface area contributed by atoms with Crippen molar-refractivity contribution < 1.29 is 22.3 Å². The number of carbonyl (C=O) groups excluding carboxylic acids is 1. The number of hydrogen-bond acceptors (Lipinski definition) is 7. The van der Waals surface area contributed by atoms with Crippen LogP contribution in [0.1, 0.15) is 33.6 Å². The molecule has 2 aromatic carbocycles. The number of nitrogen functional groups attached to an aromatic ring is 1. The molecule has 3 aromatic rings. The maximum Gasteiger partial charge on any atom is 0.337 e. The van der Waals surface area contributed by atoms with Gasteiger partial charge < -0.3 is 10.5 Å². The van der Waals surface area contributed by atoms with E-state index in [-0.39, 0.29) is 28.4 Å². The standard InChI is InChI=1S/C22H22FN5O4S/c1-14-12-15(22(29)32-2)5-10-20(14)33(30,31)26-11-3-4-19-18(13-24)21(25)28(27-19)17-8-6-16(23)7-9-17/h5-10,12,26H,3-4,11,25H2,1-2H3. The second kappa shape index (κ2) is 9.81. The number of carbonyl (C=O) groups is 1. The lowest BCUT2D eigenvalue weighted by atomic mass is 10.1. The highest BCUT2D eigenvalue weighted by molar-refractivity contribution is 7.89. The number of esters is 1. The van der Waals surface area contributed by atoms with Gasteiger partial charge >= 0.3 is 5.97 Å². The molecule has 0 atom stereocenters. The Morgan fingerprint density at radius 2 is 1.97 bits per heavy atom. The first-order chi connectivity index (χ1) is 15.7. The Labute approximate surface area is 190 Å². The zero-order valence-corrected chi connectivity index (χ0v) is 18.8. The normalized spacial score (nSPS) is 11.2. The average Bonchev–Trinajstić information content (AvgIpc) is 3.11. The summed E-state index contributed by atoms with van der Waals surface area (Å²) in [5, 5.41) is 13.8. The Morgan fingerprint density at radius 3 is 2.58 bits per heavy atom. The number of rotatable bonds is 8. The Hall–Kier alpha value is -3.75. The predicted molar refractivity (Wildman–Crippen MR) is 119 cm³/mol. The molecule has 0 amide bonds. The summed E-state index contributed by atoms with van der Waals surface area (Å²) in [5.74, 6) is -0.837. The first-order valence-electron chi connectivity index (χ1n) is 9.90. The van der Waals surface area contributed by atoms with E-state index in [1.54, 1.807) is 6.92 Å². The van der Waals surface area contributed by atoms with E-state index in [2.05, 4.69) is 14.6 Å². The summed E-state index contributed by atoms with van der Waals surface area (Å²) in [6.07, 6.45) is 0.650. The minimum Gasteiger partial charge on any atom is -0.465 e.